The van der Waals surface area contributed by atoms with Crippen molar-refractivity contribution in [3.63, 3.8) is 0 Å². The third-order valence-electron chi connectivity index (χ3n) is 1.16. The van der Waals surface area contributed by atoms with Crippen molar-refractivity contribution >= 4 is 11.6 Å². The maximum absolute atomic E-state index is 12.6. The molecule has 0 fully saturated rings. The molecule has 0 heterocycles. The van der Waals surface area contributed by atoms with Crippen molar-refractivity contribution in [1.82, 2.24) is 0 Å². The first-order valence-electron chi connectivity index (χ1n) is 2.73. The topological polar surface area (TPSA) is 44.0 Å². The molecule has 1 N–H and O–H groups in total. The van der Waals surface area contributed by atoms with Crippen molar-refractivity contribution in [2.24, 2.45) is 0 Å². The number of hydrogen-bond donors (Lipinski definition) is 1. The normalized spacial score (nSPS) is 9.18. The fraction of sp³-hybridized carbons (Fsp3) is 0. The molecule has 1 aromatic rings. The van der Waals surface area contributed by atoms with Gasteiger partial charge in [-0.3, -0.25) is 0 Å². The molecule has 0 bridgehead atoms. The van der Waals surface area contributed by atoms with Crippen LogP contribution in [0.15, 0.2) is 12.1 Å². The molecular weight excluding hydrogens is 169 g/mol. The summed E-state index contributed by atoms with van der Waals surface area (Å²) in [5.74, 6) is -1.13. The molecular formula is C7H3ClFNO. The number of aromatic hydroxyl groups is 1. The Labute approximate surface area is 67.5 Å². The molecule has 0 spiro atoms. The lowest BCUT2D eigenvalue weighted by molar-refractivity contribution is 0.469. The molecule has 56 valence electrons. The van der Waals surface area contributed by atoms with E-state index in [4.69, 9.17) is 22.0 Å². The zero-order valence-corrected chi connectivity index (χ0v) is 6.06. The summed E-state index contributed by atoms with van der Waals surface area (Å²) in [5.41, 5.74) is -0.173. The van der Waals surface area contributed by atoms with Crippen molar-refractivity contribution in [2.45, 2.75) is 0 Å². The standard InChI is InChI=1S/C7H3ClFNO/c8-5-1-4(3-10)6(9)2-7(5)11/h1-2,11H. The van der Waals surface area contributed by atoms with Crippen LogP contribution in [-0.2, 0) is 0 Å². The van der Waals surface area contributed by atoms with Crippen LogP contribution < -0.4 is 0 Å². The Balaban J connectivity index is 3.35. The summed E-state index contributed by atoms with van der Waals surface area (Å²) >= 11 is 5.40. The SMILES string of the molecule is N#Cc1cc(Cl)c(O)cc1F. The first-order valence-corrected chi connectivity index (χ1v) is 3.11. The largest absolute Gasteiger partial charge is 0.506 e. The lowest BCUT2D eigenvalue weighted by Crippen LogP contribution is -1.82. The molecule has 0 atom stereocenters. The molecule has 1 rings (SSSR count). The minimum absolute atomic E-state index is 0.0250. The maximum Gasteiger partial charge on any atom is 0.144 e. The van der Waals surface area contributed by atoms with Gasteiger partial charge in [-0.1, -0.05) is 11.6 Å². The van der Waals surface area contributed by atoms with Crippen molar-refractivity contribution in [1.29, 1.82) is 5.26 Å². The highest BCUT2D eigenvalue weighted by atomic mass is 35.5. The van der Waals surface area contributed by atoms with Gasteiger partial charge in [0, 0.05) is 6.07 Å². The Bertz CT molecular complexity index is 332. The summed E-state index contributed by atoms with van der Waals surface area (Å²) in [6, 6.07) is 3.47. The van der Waals surface area contributed by atoms with Crippen LogP contribution in [0.4, 0.5) is 4.39 Å². The van der Waals surface area contributed by atoms with Crippen LogP contribution in [0.5, 0.6) is 5.75 Å². The molecule has 0 aliphatic heterocycles. The van der Waals surface area contributed by atoms with Gasteiger partial charge in [0.2, 0.25) is 0 Å². The van der Waals surface area contributed by atoms with Crippen LogP contribution in [0, 0.1) is 17.1 Å². The average Bonchev–Trinajstić information content (AvgIpc) is 1.97. The summed E-state index contributed by atoms with van der Waals surface area (Å²) in [7, 11) is 0. The highest BCUT2D eigenvalue weighted by Crippen LogP contribution is 2.25. The molecule has 4 heteroatoms. The van der Waals surface area contributed by atoms with Gasteiger partial charge in [-0.25, -0.2) is 4.39 Å². The predicted octanol–water partition coefficient (Wildman–Crippen LogP) is 2.06. The Hall–Kier alpha value is -1.27. The van der Waals surface area contributed by atoms with Crippen LogP contribution in [0.3, 0.4) is 0 Å². The molecule has 0 aromatic heterocycles. The number of nitrogens with zero attached hydrogens (tertiary/aromatic N) is 1. The van der Waals surface area contributed by atoms with Crippen molar-refractivity contribution in [3.05, 3.63) is 28.5 Å². The van der Waals surface area contributed by atoms with Crippen molar-refractivity contribution in [2.75, 3.05) is 0 Å². The van der Waals surface area contributed by atoms with Gasteiger partial charge in [0.25, 0.3) is 0 Å². The van der Waals surface area contributed by atoms with Gasteiger partial charge in [-0.05, 0) is 6.07 Å². The zero-order valence-electron chi connectivity index (χ0n) is 5.31. The van der Waals surface area contributed by atoms with Crippen LogP contribution in [0.1, 0.15) is 5.56 Å². The van der Waals surface area contributed by atoms with Crippen LogP contribution in [0.2, 0.25) is 5.02 Å². The van der Waals surface area contributed by atoms with Crippen molar-refractivity contribution in [3.8, 4) is 11.8 Å². The molecule has 0 aliphatic carbocycles. The van der Waals surface area contributed by atoms with E-state index in [9.17, 15) is 4.39 Å². The van der Waals surface area contributed by atoms with Crippen molar-refractivity contribution < 1.29 is 9.50 Å². The van der Waals surface area contributed by atoms with Crippen LogP contribution >= 0.6 is 11.6 Å². The van der Waals surface area contributed by atoms with Gasteiger partial charge in [-0.2, -0.15) is 5.26 Å². The summed E-state index contributed by atoms with van der Waals surface area (Å²) in [4.78, 5) is 0. The molecule has 0 aliphatic rings. The number of hydrogen-bond acceptors (Lipinski definition) is 2. The molecule has 0 amide bonds. The molecule has 0 saturated carbocycles. The summed E-state index contributed by atoms with van der Waals surface area (Å²) in [5, 5.41) is 17.1. The number of phenolic OH excluding ortho intramolecular Hbond substituents is 1. The average molecular weight is 172 g/mol. The Kier molecular flexibility index (Phi) is 1.97. The highest BCUT2D eigenvalue weighted by Gasteiger charge is 2.05. The maximum atomic E-state index is 12.6. The number of nitriles is 1. The smallest absolute Gasteiger partial charge is 0.144 e. The van der Waals surface area contributed by atoms with E-state index in [1.54, 1.807) is 6.07 Å². The Morgan fingerprint density at radius 2 is 2.18 bits per heavy atom. The number of phenols is 1. The van der Waals surface area contributed by atoms with Gasteiger partial charge >= 0.3 is 0 Å². The van der Waals surface area contributed by atoms with Gasteiger partial charge in [0.05, 0.1) is 10.6 Å². The molecule has 0 saturated heterocycles. The summed E-state index contributed by atoms with van der Waals surface area (Å²) < 4.78 is 12.6. The Morgan fingerprint density at radius 3 is 2.73 bits per heavy atom. The number of rotatable bonds is 0. The first-order chi connectivity index (χ1) is 5.15. The second-order valence-corrected chi connectivity index (χ2v) is 2.30. The zero-order chi connectivity index (χ0) is 8.43. The second kappa shape index (κ2) is 2.77. The van der Waals surface area contributed by atoms with E-state index in [1.165, 1.54) is 0 Å². The fourth-order valence-electron chi connectivity index (χ4n) is 0.622. The molecule has 2 nitrogen and oxygen atoms in total. The van der Waals surface area contributed by atoms with Gasteiger partial charge in [0.15, 0.2) is 0 Å². The van der Waals surface area contributed by atoms with Crippen LogP contribution in [-0.4, -0.2) is 5.11 Å². The molecule has 11 heavy (non-hydrogen) atoms. The first kappa shape index (κ1) is 7.83. The summed E-state index contributed by atoms with van der Waals surface area (Å²) in [6.45, 7) is 0. The minimum atomic E-state index is -0.769. The lowest BCUT2D eigenvalue weighted by atomic mass is 10.2. The van der Waals surface area contributed by atoms with E-state index in [0.29, 0.717) is 0 Å². The van der Waals surface area contributed by atoms with E-state index < -0.39 is 5.82 Å². The van der Waals surface area contributed by atoms with E-state index >= 15 is 0 Å². The van der Waals surface area contributed by atoms with E-state index in [1.807, 2.05) is 0 Å². The number of benzene rings is 1. The quantitative estimate of drug-likeness (QED) is 0.649. The predicted molar refractivity (Wildman–Crippen MR) is 37.8 cm³/mol. The summed E-state index contributed by atoms with van der Waals surface area (Å²) in [6.07, 6.45) is 0. The molecule has 0 unspecified atom stereocenters. The minimum Gasteiger partial charge on any atom is -0.506 e. The van der Waals surface area contributed by atoms with E-state index in [-0.39, 0.29) is 16.3 Å². The lowest BCUT2D eigenvalue weighted by Gasteiger charge is -1.96. The Morgan fingerprint density at radius 1 is 1.55 bits per heavy atom. The van der Waals surface area contributed by atoms with Gasteiger partial charge in [0.1, 0.15) is 17.6 Å². The monoisotopic (exact) mass is 171 g/mol. The van der Waals surface area contributed by atoms with Gasteiger partial charge in [-0.15, -0.1) is 0 Å². The third kappa shape index (κ3) is 1.41. The number of halogens is 2. The van der Waals surface area contributed by atoms with Gasteiger partial charge < -0.3 is 5.11 Å². The third-order valence-corrected chi connectivity index (χ3v) is 1.46. The fourth-order valence-corrected chi connectivity index (χ4v) is 0.786. The van der Waals surface area contributed by atoms with E-state index in [2.05, 4.69) is 0 Å². The highest BCUT2D eigenvalue weighted by molar-refractivity contribution is 6.32. The second-order valence-electron chi connectivity index (χ2n) is 1.90. The molecule has 1 aromatic carbocycles. The molecule has 0 radical (unpaired) electrons. The van der Waals surface area contributed by atoms with Crippen LogP contribution in [0.25, 0.3) is 0 Å². The van der Waals surface area contributed by atoms with E-state index in [0.717, 1.165) is 12.1 Å².